The van der Waals surface area contributed by atoms with E-state index in [9.17, 15) is 9.59 Å². The number of anilines is 1. The number of hydrogen-bond donors (Lipinski definition) is 1. The Morgan fingerprint density at radius 1 is 0.861 bits per heavy atom. The Labute approximate surface area is 214 Å². The first-order chi connectivity index (χ1) is 17.5. The molecule has 0 aliphatic carbocycles. The maximum atomic E-state index is 13.7. The van der Waals surface area contributed by atoms with E-state index < -0.39 is 0 Å². The molecule has 1 amide bonds. The Balaban J connectivity index is 1.55. The van der Waals surface area contributed by atoms with Gasteiger partial charge in [-0.3, -0.25) is 14.2 Å². The molecule has 0 fully saturated rings. The zero-order valence-corrected chi connectivity index (χ0v) is 20.5. The molecule has 0 bridgehead atoms. The molecule has 0 aliphatic rings. The van der Waals surface area contributed by atoms with Gasteiger partial charge in [0, 0.05) is 24.1 Å². The average Bonchev–Trinajstić information content (AvgIpc) is 2.88. The van der Waals surface area contributed by atoms with Gasteiger partial charge in [-0.2, -0.15) is 0 Å². The second-order valence-electron chi connectivity index (χ2n) is 8.70. The Bertz CT molecular complexity index is 1590. The number of carbonyl (C=O) groups excluding carboxylic acids is 1. The van der Waals surface area contributed by atoms with Gasteiger partial charge in [0.05, 0.1) is 17.4 Å². The fourth-order valence-corrected chi connectivity index (χ4v) is 4.38. The molecule has 5 nitrogen and oxygen atoms in total. The van der Waals surface area contributed by atoms with E-state index in [0.29, 0.717) is 40.4 Å². The second kappa shape index (κ2) is 10.2. The number of hydrogen-bond acceptors (Lipinski definition) is 3. The third-order valence-electron chi connectivity index (χ3n) is 6.03. The first kappa shape index (κ1) is 23.5. The van der Waals surface area contributed by atoms with Crippen LogP contribution in [-0.4, -0.2) is 15.5 Å². The van der Waals surface area contributed by atoms with E-state index in [0.717, 1.165) is 22.3 Å². The van der Waals surface area contributed by atoms with E-state index in [4.69, 9.17) is 16.6 Å². The van der Waals surface area contributed by atoms with Crippen molar-refractivity contribution in [2.75, 3.05) is 5.32 Å². The lowest BCUT2D eigenvalue weighted by Crippen LogP contribution is -2.26. The van der Waals surface area contributed by atoms with Gasteiger partial charge in [0.2, 0.25) is 5.91 Å². The number of benzene rings is 4. The van der Waals surface area contributed by atoms with E-state index in [1.165, 1.54) is 6.92 Å². The average molecular weight is 494 g/mol. The summed E-state index contributed by atoms with van der Waals surface area (Å²) in [7, 11) is 0. The van der Waals surface area contributed by atoms with Crippen LogP contribution in [0.1, 0.15) is 23.9 Å². The molecule has 5 aromatic rings. The third kappa shape index (κ3) is 5.21. The lowest BCUT2D eigenvalue weighted by atomic mass is 10.0. The minimum Gasteiger partial charge on any atom is -0.326 e. The largest absolute Gasteiger partial charge is 0.326 e. The van der Waals surface area contributed by atoms with E-state index >= 15 is 0 Å². The van der Waals surface area contributed by atoms with Crippen molar-refractivity contribution < 1.29 is 4.79 Å². The topological polar surface area (TPSA) is 64.0 Å². The number of nitrogens with zero attached hydrogens (tertiary/aromatic N) is 2. The summed E-state index contributed by atoms with van der Waals surface area (Å²) in [5, 5.41) is 3.92. The summed E-state index contributed by atoms with van der Waals surface area (Å²) in [5.41, 5.74) is 5.25. The number of carbonyl (C=O) groups is 1. The molecule has 6 heteroatoms. The van der Waals surface area contributed by atoms with Gasteiger partial charge in [-0.25, -0.2) is 4.98 Å². The first-order valence-corrected chi connectivity index (χ1v) is 12.0. The van der Waals surface area contributed by atoms with Crippen LogP contribution in [0, 0.1) is 0 Å². The van der Waals surface area contributed by atoms with Gasteiger partial charge in [0.1, 0.15) is 5.82 Å². The number of amides is 1. The van der Waals surface area contributed by atoms with Gasteiger partial charge in [-0.1, -0.05) is 78.3 Å². The quantitative estimate of drug-likeness (QED) is 0.301. The van der Waals surface area contributed by atoms with E-state index in [-0.39, 0.29) is 11.5 Å². The molecule has 1 heterocycles. The molecule has 1 aromatic heterocycles. The number of aromatic nitrogens is 2. The molecule has 0 radical (unpaired) electrons. The highest BCUT2D eigenvalue weighted by atomic mass is 35.5. The van der Waals surface area contributed by atoms with Crippen molar-refractivity contribution in [2.45, 2.75) is 19.9 Å². The van der Waals surface area contributed by atoms with Crippen LogP contribution in [-0.2, 0) is 17.8 Å². The van der Waals surface area contributed by atoms with Crippen molar-refractivity contribution in [1.29, 1.82) is 0 Å². The summed E-state index contributed by atoms with van der Waals surface area (Å²) in [4.78, 5) is 30.1. The molecule has 178 valence electrons. The van der Waals surface area contributed by atoms with Crippen molar-refractivity contribution in [2.24, 2.45) is 0 Å². The van der Waals surface area contributed by atoms with Crippen molar-refractivity contribution >= 4 is 34.1 Å². The van der Waals surface area contributed by atoms with Crippen LogP contribution >= 0.6 is 11.6 Å². The standard InChI is InChI=1S/C30H24ClN3O2/c1-20(35)32-26-15-16-28-27(18-26)30(36)34(29(33-28)17-21-5-3-2-4-6-21)19-22-7-9-23(10-8-22)24-11-13-25(31)14-12-24/h2-16,18H,17,19H2,1H3,(H,32,35). The number of nitrogens with one attached hydrogen (secondary N) is 1. The molecule has 0 unspecified atom stereocenters. The maximum Gasteiger partial charge on any atom is 0.261 e. The van der Waals surface area contributed by atoms with Crippen LogP contribution in [0.25, 0.3) is 22.0 Å². The molecule has 0 aliphatic heterocycles. The Morgan fingerprint density at radius 2 is 1.53 bits per heavy atom. The van der Waals surface area contributed by atoms with Crippen LogP contribution < -0.4 is 10.9 Å². The van der Waals surface area contributed by atoms with E-state index in [2.05, 4.69) is 5.32 Å². The Hall–Kier alpha value is -4.22. The summed E-state index contributed by atoms with van der Waals surface area (Å²) in [6.45, 7) is 1.83. The minimum absolute atomic E-state index is 0.139. The summed E-state index contributed by atoms with van der Waals surface area (Å²) in [6, 6.07) is 31.1. The minimum atomic E-state index is -0.191. The van der Waals surface area contributed by atoms with Crippen LogP contribution in [0.5, 0.6) is 0 Å². The molecule has 4 aromatic carbocycles. The normalized spacial score (nSPS) is 10.9. The van der Waals surface area contributed by atoms with Crippen LogP contribution in [0.2, 0.25) is 5.02 Å². The van der Waals surface area contributed by atoms with Crippen molar-refractivity contribution in [3.63, 3.8) is 0 Å². The third-order valence-corrected chi connectivity index (χ3v) is 6.28. The molecule has 5 rings (SSSR count). The van der Waals surface area contributed by atoms with Crippen molar-refractivity contribution in [1.82, 2.24) is 9.55 Å². The van der Waals surface area contributed by atoms with Gasteiger partial charge in [-0.15, -0.1) is 0 Å². The van der Waals surface area contributed by atoms with Gasteiger partial charge in [0.25, 0.3) is 5.56 Å². The van der Waals surface area contributed by atoms with Crippen molar-refractivity contribution in [3.05, 3.63) is 129 Å². The fourth-order valence-electron chi connectivity index (χ4n) is 4.25. The summed E-state index contributed by atoms with van der Waals surface area (Å²) in [6.07, 6.45) is 0.530. The van der Waals surface area contributed by atoms with Gasteiger partial charge >= 0.3 is 0 Å². The van der Waals surface area contributed by atoms with E-state index in [1.807, 2.05) is 78.9 Å². The SMILES string of the molecule is CC(=O)Nc1ccc2nc(Cc3ccccc3)n(Cc3ccc(-c4ccc(Cl)cc4)cc3)c(=O)c2c1. The maximum absolute atomic E-state index is 13.7. The zero-order chi connectivity index (χ0) is 25.1. The lowest BCUT2D eigenvalue weighted by molar-refractivity contribution is -0.114. The van der Waals surface area contributed by atoms with Gasteiger partial charge in [-0.05, 0) is 52.6 Å². The molecular weight excluding hydrogens is 470 g/mol. The van der Waals surface area contributed by atoms with Crippen LogP contribution in [0.4, 0.5) is 5.69 Å². The summed E-state index contributed by atoms with van der Waals surface area (Å²) in [5.74, 6) is 0.497. The highest BCUT2D eigenvalue weighted by Crippen LogP contribution is 2.23. The van der Waals surface area contributed by atoms with Crippen LogP contribution in [0.3, 0.4) is 0 Å². The van der Waals surface area contributed by atoms with Crippen molar-refractivity contribution in [3.8, 4) is 11.1 Å². The molecule has 1 N–H and O–H groups in total. The Morgan fingerprint density at radius 3 is 2.19 bits per heavy atom. The number of rotatable bonds is 6. The Kier molecular flexibility index (Phi) is 6.65. The highest BCUT2D eigenvalue weighted by Gasteiger charge is 2.14. The van der Waals surface area contributed by atoms with Gasteiger partial charge in [0.15, 0.2) is 0 Å². The monoisotopic (exact) mass is 493 g/mol. The molecular formula is C30H24ClN3O2. The summed E-state index contributed by atoms with van der Waals surface area (Å²) >= 11 is 6.02. The molecule has 0 atom stereocenters. The lowest BCUT2D eigenvalue weighted by Gasteiger charge is -2.15. The smallest absolute Gasteiger partial charge is 0.261 e. The molecule has 0 saturated carbocycles. The predicted octanol–water partition coefficient (Wildman–Crippen LogP) is 6.31. The predicted molar refractivity (Wildman–Crippen MR) is 146 cm³/mol. The molecule has 36 heavy (non-hydrogen) atoms. The summed E-state index contributed by atoms with van der Waals surface area (Å²) < 4.78 is 1.73. The number of fused-ring (bicyclic) bond motifs is 1. The second-order valence-corrected chi connectivity index (χ2v) is 9.14. The fraction of sp³-hybridized carbons (Fsp3) is 0.100. The van der Waals surface area contributed by atoms with E-state index in [1.54, 1.807) is 22.8 Å². The highest BCUT2D eigenvalue weighted by molar-refractivity contribution is 6.30. The zero-order valence-electron chi connectivity index (χ0n) is 19.7. The molecule has 0 spiro atoms. The first-order valence-electron chi connectivity index (χ1n) is 11.7. The van der Waals surface area contributed by atoms with Gasteiger partial charge < -0.3 is 5.32 Å². The van der Waals surface area contributed by atoms with Crippen LogP contribution in [0.15, 0.2) is 102 Å². The molecule has 0 saturated heterocycles. The number of halogens is 1.